The molecule has 0 unspecified atom stereocenters. The zero-order valence-electron chi connectivity index (χ0n) is 12.3. The molecule has 0 radical (unpaired) electrons. The fraction of sp³-hybridized carbons (Fsp3) is 0.267. The summed E-state index contributed by atoms with van der Waals surface area (Å²) in [5, 5.41) is 10.5. The maximum Gasteiger partial charge on any atom is 0.412 e. The van der Waals surface area contributed by atoms with Crippen molar-refractivity contribution in [3.63, 3.8) is 0 Å². The van der Waals surface area contributed by atoms with Crippen molar-refractivity contribution in [3.05, 3.63) is 36.5 Å². The van der Waals surface area contributed by atoms with Crippen LogP contribution >= 0.6 is 0 Å². The zero-order valence-corrected chi connectivity index (χ0v) is 12.3. The predicted octanol–water partition coefficient (Wildman–Crippen LogP) is 3.07. The second-order valence-electron chi connectivity index (χ2n) is 5.54. The first-order chi connectivity index (χ1) is 9.85. The van der Waals surface area contributed by atoms with Crippen LogP contribution in [0.3, 0.4) is 0 Å². The lowest BCUT2D eigenvalue weighted by molar-refractivity contribution is 0.0636. The third-order valence-corrected chi connectivity index (χ3v) is 2.56. The van der Waals surface area contributed by atoms with Crippen LogP contribution in [-0.2, 0) is 4.74 Å². The Morgan fingerprint density at radius 2 is 2.05 bits per heavy atom. The van der Waals surface area contributed by atoms with Gasteiger partial charge in [-0.2, -0.15) is 10.2 Å². The van der Waals surface area contributed by atoms with Gasteiger partial charge in [0.15, 0.2) is 0 Å². The molecule has 0 aliphatic heterocycles. The van der Waals surface area contributed by atoms with Gasteiger partial charge in [0.1, 0.15) is 5.60 Å². The number of nitrogens with two attached hydrogens (primary N) is 1. The lowest BCUT2D eigenvalue weighted by Crippen LogP contribution is -2.27. The highest BCUT2D eigenvalue weighted by Gasteiger charge is 2.17. The lowest BCUT2D eigenvalue weighted by Gasteiger charge is -2.20. The number of amides is 1. The summed E-state index contributed by atoms with van der Waals surface area (Å²) in [6.07, 6.45) is 1.06. The maximum atomic E-state index is 11.7. The van der Waals surface area contributed by atoms with E-state index in [-0.39, 0.29) is 0 Å². The molecule has 0 atom stereocenters. The molecule has 1 aromatic carbocycles. The standard InChI is InChI=1S/C15H18N4O2/c1-15(2,3)21-14(20)18-13-7-6-10(9-11(13)16)12-5-4-8-17-19-12/h4-9H,16H2,1-3H3,(H,18,20). The summed E-state index contributed by atoms with van der Waals surface area (Å²) in [4.78, 5) is 11.7. The molecule has 2 aromatic rings. The van der Waals surface area contributed by atoms with E-state index in [4.69, 9.17) is 10.5 Å². The van der Waals surface area contributed by atoms with Gasteiger partial charge in [0, 0.05) is 11.8 Å². The Balaban J connectivity index is 2.15. The second-order valence-corrected chi connectivity index (χ2v) is 5.54. The molecule has 110 valence electrons. The number of aromatic nitrogens is 2. The minimum absolute atomic E-state index is 0.434. The molecule has 0 fully saturated rings. The van der Waals surface area contributed by atoms with Crippen LogP contribution in [-0.4, -0.2) is 21.9 Å². The van der Waals surface area contributed by atoms with Crippen LogP contribution in [0.25, 0.3) is 11.3 Å². The normalized spacial score (nSPS) is 11.0. The first-order valence-electron chi connectivity index (χ1n) is 6.53. The Morgan fingerprint density at radius 1 is 1.29 bits per heavy atom. The van der Waals surface area contributed by atoms with Crippen molar-refractivity contribution >= 4 is 17.5 Å². The summed E-state index contributed by atoms with van der Waals surface area (Å²) in [5.41, 5.74) is 7.87. The molecule has 3 N–H and O–H groups in total. The van der Waals surface area contributed by atoms with Crippen molar-refractivity contribution in [3.8, 4) is 11.3 Å². The molecule has 0 aliphatic rings. The molecule has 6 nitrogen and oxygen atoms in total. The molecule has 0 saturated heterocycles. The van der Waals surface area contributed by atoms with Crippen molar-refractivity contribution in [1.29, 1.82) is 0 Å². The number of nitrogen functional groups attached to an aromatic ring is 1. The number of nitrogens with one attached hydrogen (secondary N) is 1. The van der Waals surface area contributed by atoms with Gasteiger partial charge in [-0.3, -0.25) is 5.32 Å². The fourth-order valence-electron chi connectivity index (χ4n) is 1.70. The summed E-state index contributed by atoms with van der Waals surface area (Å²) in [7, 11) is 0. The highest BCUT2D eigenvalue weighted by atomic mass is 16.6. The maximum absolute atomic E-state index is 11.7. The molecule has 1 amide bonds. The quantitative estimate of drug-likeness (QED) is 0.828. The van der Waals surface area contributed by atoms with E-state index in [1.807, 2.05) is 12.1 Å². The van der Waals surface area contributed by atoms with E-state index in [2.05, 4.69) is 15.5 Å². The Kier molecular flexibility index (Phi) is 4.07. The number of carbonyl (C=O) groups excluding carboxylic acids is 1. The predicted molar refractivity (Wildman–Crippen MR) is 81.7 cm³/mol. The van der Waals surface area contributed by atoms with Crippen LogP contribution in [0.15, 0.2) is 36.5 Å². The van der Waals surface area contributed by atoms with Gasteiger partial charge >= 0.3 is 6.09 Å². The first kappa shape index (κ1) is 14.8. The largest absolute Gasteiger partial charge is 0.444 e. The smallest absolute Gasteiger partial charge is 0.412 e. The highest BCUT2D eigenvalue weighted by Crippen LogP contribution is 2.25. The number of ether oxygens (including phenoxy) is 1. The molecule has 0 saturated carbocycles. The van der Waals surface area contributed by atoms with Crippen molar-refractivity contribution in [2.75, 3.05) is 11.1 Å². The number of hydrogen-bond donors (Lipinski definition) is 2. The number of rotatable bonds is 2. The number of anilines is 2. The van der Waals surface area contributed by atoms with Gasteiger partial charge in [-0.25, -0.2) is 4.79 Å². The summed E-state index contributed by atoms with van der Waals surface area (Å²) in [5.74, 6) is 0. The molecule has 0 aliphatic carbocycles. The van der Waals surface area contributed by atoms with Gasteiger partial charge in [-0.05, 0) is 45.0 Å². The SMILES string of the molecule is CC(C)(C)OC(=O)Nc1ccc(-c2cccnn2)cc1N. The minimum Gasteiger partial charge on any atom is -0.444 e. The number of carbonyl (C=O) groups is 1. The van der Waals surface area contributed by atoms with E-state index in [0.29, 0.717) is 17.1 Å². The van der Waals surface area contributed by atoms with Gasteiger partial charge in [-0.1, -0.05) is 6.07 Å². The van der Waals surface area contributed by atoms with Crippen LogP contribution < -0.4 is 11.1 Å². The molecule has 1 heterocycles. The van der Waals surface area contributed by atoms with E-state index >= 15 is 0 Å². The fourth-order valence-corrected chi connectivity index (χ4v) is 1.70. The van der Waals surface area contributed by atoms with E-state index in [9.17, 15) is 4.79 Å². The van der Waals surface area contributed by atoms with Gasteiger partial charge < -0.3 is 10.5 Å². The minimum atomic E-state index is -0.557. The monoisotopic (exact) mass is 286 g/mol. The molecule has 2 rings (SSSR count). The van der Waals surface area contributed by atoms with E-state index in [0.717, 1.165) is 5.56 Å². The van der Waals surface area contributed by atoms with Crippen LogP contribution in [0.5, 0.6) is 0 Å². The summed E-state index contributed by atoms with van der Waals surface area (Å²) in [6, 6.07) is 8.89. The second kappa shape index (κ2) is 5.78. The third-order valence-electron chi connectivity index (χ3n) is 2.56. The summed E-state index contributed by atoms with van der Waals surface area (Å²) >= 11 is 0. The van der Waals surface area contributed by atoms with Gasteiger partial charge in [0.2, 0.25) is 0 Å². The van der Waals surface area contributed by atoms with Crippen molar-refractivity contribution in [2.24, 2.45) is 0 Å². The van der Waals surface area contributed by atoms with Gasteiger partial charge in [-0.15, -0.1) is 0 Å². The number of benzene rings is 1. The zero-order chi connectivity index (χ0) is 15.5. The van der Waals surface area contributed by atoms with Gasteiger partial charge in [0.25, 0.3) is 0 Å². The molecule has 21 heavy (non-hydrogen) atoms. The molecule has 0 spiro atoms. The molecular weight excluding hydrogens is 268 g/mol. The average Bonchev–Trinajstić information content (AvgIpc) is 2.40. The average molecular weight is 286 g/mol. The first-order valence-corrected chi connectivity index (χ1v) is 6.53. The Bertz CT molecular complexity index is 636. The lowest BCUT2D eigenvalue weighted by atomic mass is 10.1. The van der Waals surface area contributed by atoms with Crippen LogP contribution in [0.1, 0.15) is 20.8 Å². The molecule has 0 bridgehead atoms. The van der Waals surface area contributed by atoms with Gasteiger partial charge in [0.05, 0.1) is 17.1 Å². The Morgan fingerprint density at radius 3 is 2.62 bits per heavy atom. The number of hydrogen-bond acceptors (Lipinski definition) is 5. The van der Waals surface area contributed by atoms with Crippen molar-refractivity contribution in [1.82, 2.24) is 10.2 Å². The highest BCUT2D eigenvalue weighted by molar-refractivity contribution is 5.90. The van der Waals surface area contributed by atoms with Crippen molar-refractivity contribution < 1.29 is 9.53 Å². The van der Waals surface area contributed by atoms with Crippen LogP contribution in [0.4, 0.5) is 16.2 Å². The van der Waals surface area contributed by atoms with Crippen LogP contribution in [0, 0.1) is 0 Å². The van der Waals surface area contributed by atoms with E-state index in [1.54, 1.807) is 45.2 Å². The molecule has 6 heteroatoms. The molecular formula is C15H18N4O2. The third kappa shape index (κ3) is 4.17. The molecule has 1 aromatic heterocycles. The van der Waals surface area contributed by atoms with E-state index < -0.39 is 11.7 Å². The van der Waals surface area contributed by atoms with Crippen molar-refractivity contribution in [2.45, 2.75) is 26.4 Å². The Labute approximate surface area is 123 Å². The number of nitrogens with zero attached hydrogens (tertiary/aromatic N) is 2. The summed E-state index contributed by atoms with van der Waals surface area (Å²) in [6.45, 7) is 5.40. The van der Waals surface area contributed by atoms with Crippen LogP contribution in [0.2, 0.25) is 0 Å². The summed E-state index contributed by atoms with van der Waals surface area (Å²) < 4.78 is 5.18. The topological polar surface area (TPSA) is 90.1 Å². The van der Waals surface area contributed by atoms with E-state index in [1.165, 1.54) is 0 Å². The Hall–Kier alpha value is -2.63.